The molecule has 1 fully saturated rings. The second kappa shape index (κ2) is 6.04. The van der Waals surface area contributed by atoms with Gasteiger partial charge in [-0.2, -0.15) is 11.8 Å². The van der Waals surface area contributed by atoms with Crippen LogP contribution in [0.25, 0.3) is 0 Å². The van der Waals surface area contributed by atoms with Crippen LogP contribution >= 0.6 is 11.8 Å². The van der Waals surface area contributed by atoms with Crippen molar-refractivity contribution in [1.29, 1.82) is 0 Å². The molecule has 1 aromatic rings. The van der Waals surface area contributed by atoms with Crippen LogP contribution in [0.1, 0.15) is 32.4 Å². The van der Waals surface area contributed by atoms with E-state index in [-0.39, 0.29) is 12.1 Å². The van der Waals surface area contributed by atoms with Crippen LogP contribution in [0.5, 0.6) is 0 Å². The van der Waals surface area contributed by atoms with Gasteiger partial charge in [-0.3, -0.25) is 9.88 Å². The van der Waals surface area contributed by atoms with Crippen molar-refractivity contribution in [2.75, 3.05) is 13.1 Å². The average molecular weight is 265 g/mol. The maximum atomic E-state index is 6.21. The summed E-state index contributed by atoms with van der Waals surface area (Å²) in [5, 5.41) is 1.35. The third-order valence-corrected chi connectivity index (χ3v) is 4.59. The molecule has 2 N–H and O–H groups in total. The molecule has 0 aromatic carbocycles. The Morgan fingerprint density at radius 1 is 1.39 bits per heavy atom. The molecule has 4 heteroatoms. The van der Waals surface area contributed by atoms with Gasteiger partial charge in [-0.05, 0) is 18.6 Å². The minimum atomic E-state index is 0.122. The zero-order chi connectivity index (χ0) is 13.1. The molecular formula is C14H23N3S. The summed E-state index contributed by atoms with van der Waals surface area (Å²) in [5.41, 5.74) is 7.45. The van der Waals surface area contributed by atoms with Gasteiger partial charge in [0.15, 0.2) is 0 Å². The summed E-state index contributed by atoms with van der Waals surface area (Å²) in [6.07, 6.45) is 3.77. The first-order chi connectivity index (χ1) is 8.58. The predicted molar refractivity (Wildman–Crippen MR) is 78.7 cm³/mol. The molecule has 1 saturated heterocycles. The summed E-state index contributed by atoms with van der Waals surface area (Å²) in [6, 6.07) is 4.54. The lowest BCUT2D eigenvalue weighted by Gasteiger charge is -2.41. The van der Waals surface area contributed by atoms with Gasteiger partial charge in [0, 0.05) is 42.0 Å². The Morgan fingerprint density at radius 2 is 2.06 bits per heavy atom. The third kappa shape index (κ3) is 3.25. The molecule has 0 aliphatic carbocycles. The number of aromatic nitrogens is 1. The molecule has 0 amide bonds. The Hall–Kier alpha value is -0.580. The Balaban J connectivity index is 2.20. The Morgan fingerprint density at radius 3 is 2.56 bits per heavy atom. The zero-order valence-electron chi connectivity index (χ0n) is 11.4. The largest absolute Gasteiger partial charge is 0.326 e. The van der Waals surface area contributed by atoms with E-state index in [0.29, 0.717) is 10.5 Å². The van der Waals surface area contributed by atoms with Crippen LogP contribution in [0.15, 0.2) is 24.5 Å². The topological polar surface area (TPSA) is 42.2 Å². The van der Waals surface area contributed by atoms with Crippen LogP contribution in [0.3, 0.4) is 0 Å². The van der Waals surface area contributed by atoms with Crippen molar-refractivity contribution >= 4 is 11.8 Å². The fourth-order valence-electron chi connectivity index (χ4n) is 2.84. The molecular weight excluding hydrogens is 242 g/mol. The highest BCUT2D eigenvalue weighted by Crippen LogP contribution is 2.32. The molecule has 0 spiro atoms. The highest BCUT2D eigenvalue weighted by atomic mass is 32.2. The highest BCUT2D eigenvalue weighted by Gasteiger charge is 2.30. The van der Waals surface area contributed by atoms with Crippen molar-refractivity contribution < 1.29 is 0 Å². The highest BCUT2D eigenvalue weighted by molar-refractivity contribution is 8.00. The molecule has 1 aliphatic rings. The van der Waals surface area contributed by atoms with Gasteiger partial charge in [-0.25, -0.2) is 0 Å². The molecule has 18 heavy (non-hydrogen) atoms. The summed E-state index contributed by atoms with van der Waals surface area (Å²) >= 11 is 2.07. The van der Waals surface area contributed by atoms with Crippen molar-refractivity contribution in [3.63, 3.8) is 0 Å². The lowest BCUT2D eigenvalue weighted by molar-refractivity contribution is 0.174. The molecule has 2 heterocycles. The van der Waals surface area contributed by atoms with Gasteiger partial charge in [0.2, 0.25) is 0 Å². The molecule has 1 aliphatic heterocycles. The Bertz CT molecular complexity index is 359. The second-order valence-electron chi connectivity index (χ2n) is 5.30. The van der Waals surface area contributed by atoms with Gasteiger partial charge >= 0.3 is 0 Å². The van der Waals surface area contributed by atoms with Crippen LogP contribution in [-0.4, -0.2) is 39.5 Å². The van der Waals surface area contributed by atoms with Gasteiger partial charge in [0.05, 0.1) is 6.04 Å². The third-order valence-electron chi connectivity index (χ3n) is 3.37. The maximum absolute atomic E-state index is 6.21. The van der Waals surface area contributed by atoms with Crippen LogP contribution in [0.2, 0.25) is 0 Å². The lowest BCUT2D eigenvalue weighted by atomic mass is 10.00. The van der Waals surface area contributed by atoms with E-state index < -0.39 is 0 Å². The number of pyridine rings is 1. The summed E-state index contributed by atoms with van der Waals surface area (Å²) in [7, 11) is 0. The normalized spacial score (nSPS) is 28.9. The first kappa shape index (κ1) is 13.8. The fourth-order valence-corrected chi connectivity index (χ4v) is 4.19. The number of nitrogens with zero attached hydrogens (tertiary/aromatic N) is 2. The van der Waals surface area contributed by atoms with E-state index in [0.717, 1.165) is 13.1 Å². The summed E-state index contributed by atoms with van der Waals surface area (Å²) in [6.45, 7) is 8.91. The van der Waals surface area contributed by atoms with Crippen molar-refractivity contribution in [3.8, 4) is 0 Å². The number of rotatable bonds is 3. The van der Waals surface area contributed by atoms with E-state index in [4.69, 9.17) is 5.73 Å². The van der Waals surface area contributed by atoms with E-state index >= 15 is 0 Å². The van der Waals surface area contributed by atoms with Gasteiger partial charge in [-0.1, -0.05) is 19.9 Å². The van der Waals surface area contributed by atoms with E-state index in [9.17, 15) is 0 Å². The van der Waals surface area contributed by atoms with E-state index in [1.807, 2.05) is 18.5 Å². The molecule has 3 nitrogen and oxygen atoms in total. The minimum Gasteiger partial charge on any atom is -0.326 e. The average Bonchev–Trinajstić information content (AvgIpc) is 2.28. The first-order valence-corrected chi connectivity index (χ1v) is 7.57. The maximum Gasteiger partial charge on any atom is 0.0512 e. The molecule has 2 rings (SSSR count). The molecule has 0 bridgehead atoms. The fraction of sp³-hybridized carbons (Fsp3) is 0.643. The quantitative estimate of drug-likeness (QED) is 0.910. The van der Waals surface area contributed by atoms with Crippen molar-refractivity contribution in [2.45, 2.75) is 43.4 Å². The smallest absolute Gasteiger partial charge is 0.0512 e. The SMILES string of the molecule is CC1CN(C(c2cccnc2)C(C)N)CC(C)S1. The molecule has 1 aromatic heterocycles. The summed E-state index contributed by atoms with van der Waals surface area (Å²) in [4.78, 5) is 6.75. The van der Waals surface area contributed by atoms with Gasteiger partial charge < -0.3 is 5.73 Å². The molecule has 0 saturated carbocycles. The van der Waals surface area contributed by atoms with E-state index in [1.165, 1.54) is 5.56 Å². The number of thioether (sulfide) groups is 1. The monoisotopic (exact) mass is 265 g/mol. The minimum absolute atomic E-state index is 0.122. The van der Waals surface area contributed by atoms with Crippen LogP contribution in [0.4, 0.5) is 0 Å². The second-order valence-corrected chi connectivity index (χ2v) is 7.18. The van der Waals surface area contributed by atoms with Gasteiger partial charge in [0.25, 0.3) is 0 Å². The Labute approximate surface area is 114 Å². The zero-order valence-corrected chi connectivity index (χ0v) is 12.2. The summed E-state index contributed by atoms with van der Waals surface area (Å²) in [5.74, 6) is 0. The van der Waals surface area contributed by atoms with E-state index in [1.54, 1.807) is 0 Å². The van der Waals surface area contributed by atoms with Crippen molar-refractivity contribution in [3.05, 3.63) is 30.1 Å². The van der Waals surface area contributed by atoms with Crippen molar-refractivity contribution in [1.82, 2.24) is 9.88 Å². The molecule has 4 unspecified atom stereocenters. The predicted octanol–water partition coefficient (Wildman–Crippen LogP) is 2.30. The van der Waals surface area contributed by atoms with Crippen LogP contribution in [-0.2, 0) is 0 Å². The van der Waals surface area contributed by atoms with Crippen LogP contribution in [0, 0.1) is 0 Å². The lowest BCUT2D eigenvalue weighted by Crippen LogP contribution is -2.47. The van der Waals surface area contributed by atoms with Gasteiger partial charge in [-0.15, -0.1) is 0 Å². The standard InChI is InChI=1S/C14H23N3S/c1-10-8-17(9-11(2)18-10)14(12(3)15)13-5-4-6-16-7-13/h4-7,10-12,14H,8-9,15H2,1-3H3. The van der Waals surface area contributed by atoms with E-state index in [2.05, 4.69) is 48.5 Å². The molecule has 4 atom stereocenters. The number of hydrogen-bond acceptors (Lipinski definition) is 4. The Kier molecular flexibility index (Phi) is 4.65. The van der Waals surface area contributed by atoms with Crippen molar-refractivity contribution in [2.24, 2.45) is 5.73 Å². The number of hydrogen-bond donors (Lipinski definition) is 1. The first-order valence-electron chi connectivity index (χ1n) is 6.63. The van der Waals surface area contributed by atoms with Gasteiger partial charge in [0.1, 0.15) is 0 Å². The van der Waals surface area contributed by atoms with Crippen LogP contribution < -0.4 is 5.73 Å². The number of nitrogens with two attached hydrogens (primary N) is 1. The molecule has 100 valence electrons. The summed E-state index contributed by atoms with van der Waals surface area (Å²) < 4.78 is 0. The molecule has 0 radical (unpaired) electrons.